The van der Waals surface area contributed by atoms with E-state index in [4.69, 9.17) is 19.0 Å². The summed E-state index contributed by atoms with van der Waals surface area (Å²) in [5, 5.41) is 46.1. The van der Waals surface area contributed by atoms with Crippen LogP contribution in [0.5, 0.6) is 23.0 Å². The molecular formula is C56H56N8O16. The Kier molecular flexibility index (Phi) is 16.6. The maximum absolute atomic E-state index is 13.9. The van der Waals surface area contributed by atoms with Crippen molar-refractivity contribution in [2.45, 2.75) is 82.8 Å². The predicted octanol–water partition coefficient (Wildman–Crippen LogP) is 5.18. The molecule has 1 fully saturated rings. The van der Waals surface area contributed by atoms with E-state index in [-0.39, 0.29) is 69.3 Å². The standard InChI is InChI=1S/C56H56N8O16/c1-28(2)47(59-49(70)43-8-7-23-64(43)51(72)30(4)57-48(69)29(3)62-80-53(74)31-9-12-33(13-10-31)60-61-34-14-16-35(17-15-34)63(5)6)50(71)58-42(27-46(67)68)55(76)78-52(73)32-11-20-38-41(24-32)56(79-54(38)75)39-21-18-36(65)25-44(39)77-45-26-37(66)19-22-40(45)56/h9-22,24-26,28-30,42-43,47,62,65-66H,7-8,23,27H2,1-6H3,(H,57,69)(H,58,71)(H,59,70)(H,67,68)/t29-,30-,42-,43-,47-/m0/s1. The third-order valence-electron chi connectivity index (χ3n) is 13.5. The van der Waals surface area contributed by atoms with Crippen LogP contribution in [0.2, 0.25) is 0 Å². The minimum atomic E-state index is -1.97. The van der Waals surface area contributed by atoms with Crippen LogP contribution in [0, 0.1) is 5.92 Å². The van der Waals surface area contributed by atoms with Gasteiger partial charge in [-0.25, -0.2) is 19.2 Å². The summed E-state index contributed by atoms with van der Waals surface area (Å²) in [6.07, 6.45) is -0.501. The zero-order chi connectivity index (χ0) is 57.7. The number of hydrogen-bond acceptors (Lipinski definition) is 19. The number of carboxylic acid groups (broad SMARTS) is 1. The lowest BCUT2D eigenvalue weighted by molar-refractivity contribution is -0.148. The number of phenolic OH excluding ortho intramolecular Hbond substituents is 2. The van der Waals surface area contributed by atoms with E-state index in [1.54, 1.807) is 26.0 Å². The van der Waals surface area contributed by atoms with Gasteiger partial charge in [-0.3, -0.25) is 24.0 Å². The molecule has 0 radical (unpaired) electrons. The van der Waals surface area contributed by atoms with Crippen molar-refractivity contribution in [1.82, 2.24) is 26.3 Å². The average Bonchev–Trinajstić information content (AvgIpc) is 4.24. The van der Waals surface area contributed by atoms with E-state index in [9.17, 15) is 58.5 Å². The Morgan fingerprint density at radius 3 is 1.91 bits per heavy atom. The number of aromatic hydroxyl groups is 2. The molecule has 4 amide bonds. The molecule has 0 saturated carbocycles. The number of aliphatic carboxylic acids is 1. The summed E-state index contributed by atoms with van der Waals surface area (Å²) in [6.45, 7) is 6.04. The molecule has 416 valence electrons. The van der Waals surface area contributed by atoms with Gasteiger partial charge in [0, 0.05) is 55.2 Å². The highest BCUT2D eigenvalue weighted by Gasteiger charge is 2.54. The summed E-state index contributed by atoms with van der Waals surface area (Å²) in [5.41, 5.74) is 3.15. The molecule has 5 aromatic carbocycles. The van der Waals surface area contributed by atoms with Gasteiger partial charge in [0.1, 0.15) is 53.2 Å². The van der Waals surface area contributed by atoms with Gasteiger partial charge in [-0.05, 0) is 124 Å². The first-order valence-corrected chi connectivity index (χ1v) is 25.2. The summed E-state index contributed by atoms with van der Waals surface area (Å²) in [4.78, 5) is 129. The van der Waals surface area contributed by atoms with Crippen molar-refractivity contribution in [3.63, 3.8) is 0 Å². The molecule has 3 heterocycles. The first-order chi connectivity index (χ1) is 38.0. The molecule has 24 heteroatoms. The highest BCUT2D eigenvalue weighted by molar-refractivity contribution is 6.03. The number of ether oxygens (including phenoxy) is 3. The lowest BCUT2D eigenvalue weighted by Gasteiger charge is -2.36. The fourth-order valence-electron chi connectivity index (χ4n) is 9.26. The Morgan fingerprint density at radius 2 is 1.32 bits per heavy atom. The van der Waals surface area contributed by atoms with Gasteiger partial charge < -0.3 is 60.1 Å². The van der Waals surface area contributed by atoms with Gasteiger partial charge in [-0.1, -0.05) is 13.8 Å². The molecule has 80 heavy (non-hydrogen) atoms. The number of nitrogens with zero attached hydrogens (tertiary/aromatic N) is 4. The number of azo groups is 1. The van der Waals surface area contributed by atoms with E-state index < -0.39 is 102 Å². The molecule has 0 bridgehead atoms. The fourth-order valence-corrected chi connectivity index (χ4v) is 9.26. The highest BCUT2D eigenvalue weighted by atomic mass is 16.7. The van der Waals surface area contributed by atoms with Gasteiger partial charge >= 0.3 is 29.8 Å². The quantitative estimate of drug-likeness (QED) is 0.0195. The molecule has 0 unspecified atom stereocenters. The monoisotopic (exact) mass is 1100 g/mol. The van der Waals surface area contributed by atoms with E-state index in [2.05, 4.69) is 31.7 Å². The lowest BCUT2D eigenvalue weighted by atomic mass is 9.77. The predicted molar refractivity (Wildman–Crippen MR) is 281 cm³/mol. The Labute approximate surface area is 457 Å². The number of fused-ring (bicyclic) bond motifs is 6. The second kappa shape index (κ2) is 23.5. The Balaban J connectivity index is 0.860. The van der Waals surface area contributed by atoms with E-state index in [1.807, 2.05) is 43.3 Å². The number of carbonyl (C=O) groups excluding carboxylic acids is 8. The van der Waals surface area contributed by atoms with Crippen LogP contribution >= 0.6 is 0 Å². The number of nitrogens with one attached hydrogen (secondary N) is 4. The summed E-state index contributed by atoms with van der Waals surface area (Å²) in [7, 11) is 3.85. The zero-order valence-electron chi connectivity index (χ0n) is 44.0. The van der Waals surface area contributed by atoms with Crippen molar-refractivity contribution in [1.29, 1.82) is 0 Å². The SMILES string of the molecule is CC(C)[C@H](NC(=O)[C@@H]1CCCN1C(=O)[C@H](C)NC(=O)[C@H](C)NOC(=O)c1ccc(N=Nc2ccc(N(C)C)cc2)cc1)C(=O)N[C@@H](CC(=O)O)C(=O)OC(=O)c1ccc2c(c1)C1(OC2=O)c2ccc(O)cc2Oc2cc(O)ccc21. The number of phenols is 2. The highest BCUT2D eigenvalue weighted by Crippen LogP contribution is 2.57. The number of rotatable bonds is 18. The number of benzene rings is 5. The van der Waals surface area contributed by atoms with E-state index in [0.717, 1.165) is 5.69 Å². The van der Waals surface area contributed by atoms with Crippen LogP contribution in [-0.2, 0) is 48.7 Å². The van der Waals surface area contributed by atoms with Crippen molar-refractivity contribution in [2.75, 3.05) is 25.5 Å². The number of amides is 4. The van der Waals surface area contributed by atoms with Crippen molar-refractivity contribution < 1.29 is 77.5 Å². The van der Waals surface area contributed by atoms with Crippen LogP contribution in [0.1, 0.15) is 94.7 Å². The van der Waals surface area contributed by atoms with Crippen LogP contribution < -0.4 is 31.1 Å². The topological polar surface area (TPSA) is 331 Å². The number of esters is 3. The Bertz CT molecular complexity index is 3280. The molecule has 0 aromatic heterocycles. The van der Waals surface area contributed by atoms with Crippen LogP contribution in [0.4, 0.5) is 17.1 Å². The van der Waals surface area contributed by atoms with Gasteiger partial charge in [0.05, 0.1) is 34.5 Å². The number of hydrogen-bond donors (Lipinski definition) is 7. The maximum Gasteiger partial charge on any atom is 0.356 e. The number of carboxylic acids is 1. The molecule has 7 N–H and O–H groups in total. The van der Waals surface area contributed by atoms with Gasteiger partial charge in [0.25, 0.3) is 0 Å². The smallest absolute Gasteiger partial charge is 0.356 e. The minimum absolute atomic E-state index is 0.0136. The summed E-state index contributed by atoms with van der Waals surface area (Å²) < 4.78 is 17.1. The zero-order valence-corrected chi connectivity index (χ0v) is 44.0. The van der Waals surface area contributed by atoms with Crippen molar-refractivity contribution in [3.8, 4) is 23.0 Å². The van der Waals surface area contributed by atoms with Crippen LogP contribution in [-0.4, -0.2) is 125 Å². The molecule has 1 spiro atoms. The second-order valence-electron chi connectivity index (χ2n) is 19.7. The molecule has 1 saturated heterocycles. The van der Waals surface area contributed by atoms with E-state index >= 15 is 0 Å². The van der Waals surface area contributed by atoms with Crippen LogP contribution in [0.25, 0.3) is 0 Å². The fraction of sp³-hybridized carbons (Fsp3) is 0.304. The third kappa shape index (κ3) is 12.0. The summed E-state index contributed by atoms with van der Waals surface area (Å²) >= 11 is 0. The maximum atomic E-state index is 13.9. The van der Waals surface area contributed by atoms with Gasteiger partial charge in [0.2, 0.25) is 23.6 Å². The molecule has 24 nitrogen and oxygen atoms in total. The average molecular weight is 1100 g/mol. The van der Waals surface area contributed by atoms with Crippen molar-refractivity contribution in [3.05, 3.63) is 137 Å². The molecular weight excluding hydrogens is 1040 g/mol. The second-order valence-corrected chi connectivity index (χ2v) is 19.7. The largest absolute Gasteiger partial charge is 0.508 e. The molecule has 8 rings (SSSR count). The Hall–Kier alpha value is -9.71. The summed E-state index contributed by atoms with van der Waals surface area (Å²) in [6, 6.07) is 18.5. The van der Waals surface area contributed by atoms with Gasteiger partial charge in [-0.15, -0.1) is 5.48 Å². The van der Waals surface area contributed by atoms with E-state index in [0.29, 0.717) is 17.8 Å². The van der Waals surface area contributed by atoms with E-state index in [1.165, 1.54) is 85.5 Å². The molecule has 3 aliphatic heterocycles. The Morgan fingerprint density at radius 1 is 0.725 bits per heavy atom. The summed E-state index contributed by atoms with van der Waals surface area (Å²) in [5.74, 6) is -10.0. The molecule has 5 atom stereocenters. The first kappa shape index (κ1) is 56.5. The van der Waals surface area contributed by atoms with Gasteiger partial charge in [0.15, 0.2) is 5.60 Å². The first-order valence-electron chi connectivity index (χ1n) is 25.2. The third-order valence-corrected chi connectivity index (χ3v) is 13.5. The number of hydroxylamine groups is 1. The molecule has 0 aliphatic carbocycles. The normalized spacial score (nSPS) is 16.2. The molecule has 3 aliphatic rings. The lowest BCUT2D eigenvalue weighted by Crippen LogP contribution is -2.59. The van der Waals surface area contributed by atoms with Crippen molar-refractivity contribution >= 4 is 70.5 Å². The number of likely N-dealkylation sites (tertiary alicyclic amines) is 1. The minimum Gasteiger partial charge on any atom is -0.508 e. The van der Waals surface area contributed by atoms with Gasteiger partial charge in [-0.2, -0.15) is 10.2 Å². The van der Waals surface area contributed by atoms with Crippen molar-refractivity contribution in [2.24, 2.45) is 16.1 Å². The number of carbonyl (C=O) groups is 9. The van der Waals surface area contributed by atoms with Crippen LogP contribution in [0.15, 0.2) is 113 Å². The van der Waals surface area contributed by atoms with Crippen LogP contribution in [0.3, 0.4) is 0 Å². The molecule has 5 aromatic rings. The number of anilines is 1.